The van der Waals surface area contributed by atoms with Crippen molar-refractivity contribution in [2.24, 2.45) is 0 Å². The second kappa shape index (κ2) is 6.92. The fourth-order valence-corrected chi connectivity index (χ4v) is 2.17. The Bertz CT molecular complexity index is 608. The molecule has 2 rings (SSSR count). The molecule has 0 bridgehead atoms. The largest absolute Gasteiger partial charge is 0.416 e. The molecule has 0 aliphatic heterocycles. The van der Waals surface area contributed by atoms with Gasteiger partial charge in [0.15, 0.2) is 0 Å². The van der Waals surface area contributed by atoms with E-state index in [-0.39, 0.29) is 0 Å². The summed E-state index contributed by atoms with van der Waals surface area (Å²) in [7, 11) is 0. The number of alkyl halides is 3. The maximum Gasteiger partial charge on any atom is 0.416 e. The third-order valence-electron chi connectivity index (χ3n) is 3.45. The van der Waals surface area contributed by atoms with Crippen LogP contribution in [0.1, 0.15) is 43.5 Å². The van der Waals surface area contributed by atoms with Gasteiger partial charge >= 0.3 is 6.18 Å². The zero-order chi connectivity index (χ0) is 16.2. The lowest BCUT2D eigenvalue weighted by Crippen LogP contribution is -2.04. The van der Waals surface area contributed by atoms with Crippen LogP contribution in [-0.4, -0.2) is 10.1 Å². The molecule has 0 aliphatic carbocycles. The molecule has 0 radical (unpaired) electrons. The van der Waals surface area contributed by atoms with Crippen LogP contribution in [-0.2, 0) is 6.18 Å². The molecular formula is C17H18F3NO. The minimum Gasteiger partial charge on any atom is -0.387 e. The highest BCUT2D eigenvalue weighted by molar-refractivity contribution is 5.59. The minimum absolute atomic E-state index is 0.547. The minimum atomic E-state index is -4.34. The summed E-state index contributed by atoms with van der Waals surface area (Å²) >= 11 is 0. The van der Waals surface area contributed by atoms with E-state index in [0.29, 0.717) is 23.4 Å². The van der Waals surface area contributed by atoms with Gasteiger partial charge in [-0.2, -0.15) is 13.2 Å². The molecule has 5 heteroatoms. The molecule has 2 aromatic rings. The predicted molar refractivity (Wildman–Crippen MR) is 79.2 cm³/mol. The molecule has 1 atom stereocenters. The van der Waals surface area contributed by atoms with E-state index in [1.807, 2.05) is 6.92 Å². The Morgan fingerprint density at radius 1 is 1.09 bits per heavy atom. The lowest BCUT2D eigenvalue weighted by Gasteiger charge is -2.11. The Kier molecular flexibility index (Phi) is 5.19. The zero-order valence-corrected chi connectivity index (χ0v) is 12.3. The Morgan fingerprint density at radius 3 is 2.36 bits per heavy atom. The SMILES string of the molecule is CCCC[C@H](O)c1cccc(-c2ccc(C(F)(F)F)cc2)n1. The highest BCUT2D eigenvalue weighted by Crippen LogP contribution is 2.31. The summed E-state index contributed by atoms with van der Waals surface area (Å²) in [5, 5.41) is 10.1. The quantitative estimate of drug-likeness (QED) is 0.844. The number of aliphatic hydroxyl groups excluding tert-OH is 1. The zero-order valence-electron chi connectivity index (χ0n) is 12.3. The van der Waals surface area contributed by atoms with Crippen LogP contribution in [0.15, 0.2) is 42.5 Å². The van der Waals surface area contributed by atoms with Gasteiger partial charge in [0.05, 0.1) is 23.1 Å². The monoisotopic (exact) mass is 309 g/mol. The molecule has 0 saturated carbocycles. The molecule has 0 aliphatic rings. The average Bonchev–Trinajstić information content (AvgIpc) is 2.52. The molecule has 0 saturated heterocycles. The van der Waals surface area contributed by atoms with E-state index in [1.165, 1.54) is 12.1 Å². The van der Waals surface area contributed by atoms with Gasteiger partial charge < -0.3 is 5.11 Å². The summed E-state index contributed by atoms with van der Waals surface area (Å²) in [6.07, 6.45) is -2.48. The van der Waals surface area contributed by atoms with Crippen LogP contribution in [0.25, 0.3) is 11.3 Å². The van der Waals surface area contributed by atoms with E-state index in [2.05, 4.69) is 4.98 Å². The molecule has 0 unspecified atom stereocenters. The van der Waals surface area contributed by atoms with E-state index in [0.717, 1.165) is 25.0 Å². The van der Waals surface area contributed by atoms with Gasteiger partial charge in [-0.15, -0.1) is 0 Å². The molecule has 0 fully saturated rings. The smallest absolute Gasteiger partial charge is 0.387 e. The van der Waals surface area contributed by atoms with Crippen molar-refractivity contribution in [3.8, 4) is 11.3 Å². The lowest BCUT2D eigenvalue weighted by molar-refractivity contribution is -0.137. The Hall–Kier alpha value is -1.88. The van der Waals surface area contributed by atoms with Crippen molar-refractivity contribution < 1.29 is 18.3 Å². The molecule has 22 heavy (non-hydrogen) atoms. The van der Waals surface area contributed by atoms with E-state index in [1.54, 1.807) is 18.2 Å². The van der Waals surface area contributed by atoms with Gasteiger partial charge in [0.1, 0.15) is 0 Å². The van der Waals surface area contributed by atoms with Crippen molar-refractivity contribution in [2.45, 2.75) is 38.5 Å². The van der Waals surface area contributed by atoms with Crippen LogP contribution in [0.4, 0.5) is 13.2 Å². The molecule has 2 nitrogen and oxygen atoms in total. The lowest BCUT2D eigenvalue weighted by atomic mass is 10.1. The fraction of sp³-hybridized carbons (Fsp3) is 0.353. The highest BCUT2D eigenvalue weighted by atomic mass is 19.4. The van der Waals surface area contributed by atoms with Crippen molar-refractivity contribution in [1.29, 1.82) is 0 Å². The second-order valence-electron chi connectivity index (χ2n) is 5.18. The van der Waals surface area contributed by atoms with Crippen molar-refractivity contribution in [3.63, 3.8) is 0 Å². The maximum absolute atomic E-state index is 12.6. The van der Waals surface area contributed by atoms with Gasteiger partial charge in [-0.1, -0.05) is 38.0 Å². The number of aromatic nitrogens is 1. The number of pyridine rings is 1. The van der Waals surface area contributed by atoms with Gasteiger partial charge in [0.25, 0.3) is 0 Å². The van der Waals surface area contributed by atoms with Crippen LogP contribution < -0.4 is 0 Å². The third-order valence-corrected chi connectivity index (χ3v) is 3.45. The topological polar surface area (TPSA) is 33.1 Å². The van der Waals surface area contributed by atoms with E-state index in [9.17, 15) is 18.3 Å². The maximum atomic E-state index is 12.6. The number of benzene rings is 1. The van der Waals surface area contributed by atoms with Crippen LogP contribution in [0.5, 0.6) is 0 Å². The predicted octanol–water partition coefficient (Wildman–Crippen LogP) is 4.99. The first-order valence-electron chi connectivity index (χ1n) is 7.24. The number of hydrogen-bond donors (Lipinski definition) is 1. The number of rotatable bonds is 5. The first kappa shape index (κ1) is 16.5. The summed E-state index contributed by atoms with van der Waals surface area (Å²) in [4.78, 5) is 4.36. The number of aliphatic hydroxyl groups is 1. The number of halogens is 3. The Labute approximate surface area is 127 Å². The summed E-state index contributed by atoms with van der Waals surface area (Å²) in [6, 6.07) is 10.1. The van der Waals surface area contributed by atoms with E-state index < -0.39 is 17.8 Å². The summed E-state index contributed by atoms with van der Waals surface area (Å²) in [5.41, 5.74) is 1.01. The Morgan fingerprint density at radius 2 is 1.77 bits per heavy atom. The van der Waals surface area contributed by atoms with Crippen LogP contribution in [0, 0.1) is 0 Å². The third kappa shape index (κ3) is 4.07. The van der Waals surface area contributed by atoms with Crippen LogP contribution in [0.2, 0.25) is 0 Å². The van der Waals surface area contributed by atoms with Crippen molar-refractivity contribution in [1.82, 2.24) is 4.98 Å². The normalized spacial score (nSPS) is 13.1. The second-order valence-corrected chi connectivity index (χ2v) is 5.18. The van der Waals surface area contributed by atoms with E-state index in [4.69, 9.17) is 0 Å². The molecule has 1 N–H and O–H groups in total. The summed E-state index contributed by atoms with van der Waals surface area (Å²) in [5.74, 6) is 0. The fourth-order valence-electron chi connectivity index (χ4n) is 2.17. The molecule has 0 spiro atoms. The summed E-state index contributed by atoms with van der Waals surface area (Å²) in [6.45, 7) is 2.04. The van der Waals surface area contributed by atoms with Gasteiger partial charge in [0.2, 0.25) is 0 Å². The van der Waals surface area contributed by atoms with Crippen LogP contribution >= 0.6 is 0 Å². The summed E-state index contributed by atoms with van der Waals surface area (Å²) < 4.78 is 37.7. The standard InChI is InChI=1S/C17H18F3NO/c1-2-3-7-16(22)15-6-4-5-14(21-15)12-8-10-13(11-9-12)17(18,19)20/h4-6,8-11,16,22H,2-3,7H2,1H3/t16-/m0/s1. The van der Waals surface area contributed by atoms with Crippen LogP contribution in [0.3, 0.4) is 0 Å². The van der Waals surface area contributed by atoms with E-state index >= 15 is 0 Å². The molecule has 1 aromatic carbocycles. The molecular weight excluding hydrogens is 291 g/mol. The van der Waals surface area contributed by atoms with Crippen molar-refractivity contribution in [3.05, 3.63) is 53.7 Å². The average molecular weight is 309 g/mol. The van der Waals surface area contributed by atoms with Gasteiger partial charge in [0, 0.05) is 5.56 Å². The number of nitrogens with zero attached hydrogens (tertiary/aromatic N) is 1. The first-order valence-corrected chi connectivity index (χ1v) is 7.24. The first-order chi connectivity index (χ1) is 10.4. The highest BCUT2D eigenvalue weighted by Gasteiger charge is 2.30. The molecule has 0 amide bonds. The van der Waals surface area contributed by atoms with Gasteiger partial charge in [-0.25, -0.2) is 0 Å². The van der Waals surface area contributed by atoms with Crippen molar-refractivity contribution >= 4 is 0 Å². The number of unbranched alkanes of at least 4 members (excludes halogenated alkanes) is 1. The molecule has 1 aromatic heterocycles. The van der Waals surface area contributed by atoms with Crippen molar-refractivity contribution in [2.75, 3.05) is 0 Å². The molecule has 1 heterocycles. The Balaban J connectivity index is 2.22. The van der Waals surface area contributed by atoms with Gasteiger partial charge in [-0.05, 0) is 30.7 Å². The number of hydrogen-bond acceptors (Lipinski definition) is 2. The van der Waals surface area contributed by atoms with Gasteiger partial charge in [-0.3, -0.25) is 4.98 Å². The molecule has 118 valence electrons.